The highest BCUT2D eigenvalue weighted by molar-refractivity contribution is 5.92. The summed E-state index contributed by atoms with van der Waals surface area (Å²) < 4.78 is 36.8. The predicted molar refractivity (Wildman–Crippen MR) is 57.9 cm³/mol. The van der Waals surface area contributed by atoms with Crippen molar-refractivity contribution >= 4 is 5.91 Å². The number of nitrogens with zero attached hydrogens (tertiary/aromatic N) is 2. The molecule has 1 aromatic heterocycles. The molecule has 0 radical (unpaired) electrons. The van der Waals surface area contributed by atoms with Crippen LogP contribution in [0.3, 0.4) is 0 Å². The van der Waals surface area contributed by atoms with Crippen LogP contribution in [-0.4, -0.2) is 41.1 Å². The number of amides is 1. The third-order valence-corrected chi connectivity index (χ3v) is 2.31. The van der Waals surface area contributed by atoms with Crippen molar-refractivity contribution in [2.75, 3.05) is 20.2 Å². The van der Waals surface area contributed by atoms with E-state index in [4.69, 9.17) is 5.11 Å². The molecule has 0 bridgehead atoms. The van der Waals surface area contributed by atoms with E-state index in [0.29, 0.717) is 19.2 Å². The number of carbonyl (C=O) groups is 1. The number of aliphatic hydroxyl groups excluding tert-OH is 1. The Kier molecular flexibility index (Phi) is 4.66. The summed E-state index contributed by atoms with van der Waals surface area (Å²) >= 11 is 0. The number of halogens is 3. The number of aromatic nitrogens is 1. The third kappa shape index (κ3) is 3.69. The molecule has 1 amide bonds. The summed E-state index contributed by atoms with van der Waals surface area (Å²) in [5.74, 6) is -0.475. The molecule has 0 atom stereocenters. The van der Waals surface area contributed by atoms with Gasteiger partial charge in [-0.3, -0.25) is 9.78 Å². The maximum atomic E-state index is 12.3. The van der Waals surface area contributed by atoms with Crippen molar-refractivity contribution in [1.82, 2.24) is 9.88 Å². The van der Waals surface area contributed by atoms with Gasteiger partial charge in [0.1, 0.15) is 5.69 Å². The van der Waals surface area contributed by atoms with Gasteiger partial charge in [0.25, 0.3) is 5.91 Å². The molecule has 0 saturated heterocycles. The van der Waals surface area contributed by atoms with E-state index in [9.17, 15) is 18.0 Å². The number of carbonyl (C=O) groups excluding carboxylic acids is 1. The van der Waals surface area contributed by atoms with Crippen molar-refractivity contribution in [3.63, 3.8) is 0 Å². The third-order valence-electron chi connectivity index (χ3n) is 2.31. The lowest BCUT2D eigenvalue weighted by molar-refractivity contribution is -0.137. The SMILES string of the molecule is CN(CCCO)C(=O)c1ccc(C(F)(F)F)cn1. The molecule has 0 unspecified atom stereocenters. The maximum Gasteiger partial charge on any atom is 0.417 e. The van der Waals surface area contributed by atoms with Gasteiger partial charge >= 0.3 is 6.18 Å². The summed E-state index contributed by atoms with van der Waals surface area (Å²) in [6.45, 7) is 0.260. The average molecular weight is 262 g/mol. The van der Waals surface area contributed by atoms with Crippen LogP contribution < -0.4 is 0 Å². The zero-order chi connectivity index (χ0) is 13.8. The first-order valence-corrected chi connectivity index (χ1v) is 5.26. The van der Waals surface area contributed by atoms with Gasteiger partial charge in [0.2, 0.25) is 0 Å². The smallest absolute Gasteiger partial charge is 0.396 e. The zero-order valence-electron chi connectivity index (χ0n) is 9.74. The summed E-state index contributed by atoms with van der Waals surface area (Å²) in [5, 5.41) is 8.61. The molecule has 1 aromatic rings. The molecule has 0 spiro atoms. The first-order chi connectivity index (χ1) is 8.36. The minimum atomic E-state index is -4.46. The van der Waals surface area contributed by atoms with E-state index in [-0.39, 0.29) is 12.3 Å². The normalized spacial score (nSPS) is 11.4. The second kappa shape index (κ2) is 5.81. The summed E-state index contributed by atoms with van der Waals surface area (Å²) in [7, 11) is 1.50. The Hall–Kier alpha value is -1.63. The first-order valence-electron chi connectivity index (χ1n) is 5.26. The van der Waals surface area contributed by atoms with E-state index in [0.717, 1.165) is 12.1 Å². The maximum absolute atomic E-state index is 12.3. The lowest BCUT2D eigenvalue weighted by Crippen LogP contribution is -2.29. The minimum Gasteiger partial charge on any atom is -0.396 e. The van der Waals surface area contributed by atoms with Crippen LogP contribution in [0.15, 0.2) is 18.3 Å². The average Bonchev–Trinajstić information content (AvgIpc) is 2.34. The van der Waals surface area contributed by atoms with E-state index >= 15 is 0 Å². The van der Waals surface area contributed by atoms with Crippen molar-refractivity contribution in [2.45, 2.75) is 12.6 Å². The highest BCUT2D eigenvalue weighted by Crippen LogP contribution is 2.28. The summed E-state index contributed by atoms with van der Waals surface area (Å²) in [4.78, 5) is 16.5. The molecule has 0 aliphatic heterocycles. The molecule has 0 aromatic carbocycles. The first kappa shape index (κ1) is 14.4. The Balaban J connectivity index is 2.76. The van der Waals surface area contributed by atoms with Crippen LogP contribution in [0.1, 0.15) is 22.5 Å². The molecule has 7 heteroatoms. The molecular formula is C11H13F3N2O2. The van der Waals surface area contributed by atoms with Crippen molar-refractivity contribution in [1.29, 1.82) is 0 Å². The van der Waals surface area contributed by atoms with Crippen LogP contribution in [0.5, 0.6) is 0 Å². The molecule has 1 N–H and O–H groups in total. The summed E-state index contributed by atoms with van der Waals surface area (Å²) in [6, 6.07) is 1.86. The van der Waals surface area contributed by atoms with Crippen LogP contribution in [0.4, 0.5) is 13.2 Å². The second-order valence-electron chi connectivity index (χ2n) is 3.73. The van der Waals surface area contributed by atoms with Crippen molar-refractivity contribution < 1.29 is 23.1 Å². The van der Waals surface area contributed by atoms with Gasteiger partial charge in [-0.2, -0.15) is 13.2 Å². The minimum absolute atomic E-state index is 0.0524. The second-order valence-corrected chi connectivity index (χ2v) is 3.73. The molecule has 100 valence electrons. The number of aliphatic hydroxyl groups is 1. The Labute approximate surface area is 102 Å². The quantitative estimate of drug-likeness (QED) is 0.895. The van der Waals surface area contributed by atoms with Crippen LogP contribution in [0, 0.1) is 0 Å². The van der Waals surface area contributed by atoms with Gasteiger partial charge in [0.15, 0.2) is 0 Å². The summed E-state index contributed by atoms with van der Waals surface area (Å²) in [5.41, 5.74) is -0.944. The molecule has 1 heterocycles. The number of hydrogen-bond donors (Lipinski definition) is 1. The zero-order valence-corrected chi connectivity index (χ0v) is 9.74. The number of alkyl halides is 3. The van der Waals surface area contributed by atoms with Crippen molar-refractivity contribution in [3.8, 4) is 0 Å². The van der Waals surface area contributed by atoms with E-state index in [1.807, 2.05) is 0 Å². The molecule has 1 rings (SSSR count). The van der Waals surface area contributed by atoms with Crippen LogP contribution in [-0.2, 0) is 6.18 Å². The molecule has 18 heavy (non-hydrogen) atoms. The van der Waals surface area contributed by atoms with E-state index in [2.05, 4.69) is 4.98 Å². The number of pyridine rings is 1. The van der Waals surface area contributed by atoms with Gasteiger partial charge in [-0.1, -0.05) is 0 Å². The van der Waals surface area contributed by atoms with Crippen molar-refractivity contribution in [2.24, 2.45) is 0 Å². The Morgan fingerprint density at radius 2 is 2.11 bits per heavy atom. The van der Waals surface area contributed by atoms with Crippen LogP contribution in [0.25, 0.3) is 0 Å². The largest absolute Gasteiger partial charge is 0.417 e. The fraction of sp³-hybridized carbons (Fsp3) is 0.455. The van der Waals surface area contributed by atoms with Gasteiger partial charge in [-0.25, -0.2) is 0 Å². The standard InChI is InChI=1S/C11H13F3N2O2/c1-16(5-2-6-17)10(18)9-4-3-8(7-15-9)11(12,13)14/h3-4,7,17H,2,5-6H2,1H3. The highest BCUT2D eigenvalue weighted by atomic mass is 19.4. The van der Waals surface area contributed by atoms with E-state index in [1.54, 1.807) is 0 Å². The number of hydrogen-bond acceptors (Lipinski definition) is 3. The van der Waals surface area contributed by atoms with Crippen molar-refractivity contribution in [3.05, 3.63) is 29.6 Å². The predicted octanol–water partition coefficient (Wildman–Crippen LogP) is 1.55. The van der Waals surface area contributed by atoms with Gasteiger partial charge in [-0.05, 0) is 18.6 Å². The summed E-state index contributed by atoms with van der Waals surface area (Å²) in [6.07, 6.45) is -3.42. The molecule has 4 nitrogen and oxygen atoms in total. The molecule has 0 fully saturated rings. The Morgan fingerprint density at radius 3 is 2.56 bits per heavy atom. The topological polar surface area (TPSA) is 53.4 Å². The Morgan fingerprint density at radius 1 is 1.44 bits per heavy atom. The lowest BCUT2D eigenvalue weighted by atomic mass is 10.2. The van der Waals surface area contributed by atoms with Gasteiger partial charge in [0, 0.05) is 26.4 Å². The van der Waals surface area contributed by atoms with Gasteiger partial charge in [0.05, 0.1) is 5.56 Å². The fourth-order valence-electron chi connectivity index (χ4n) is 1.29. The lowest BCUT2D eigenvalue weighted by Gasteiger charge is -2.16. The fourth-order valence-corrected chi connectivity index (χ4v) is 1.29. The van der Waals surface area contributed by atoms with Crippen LogP contribution in [0.2, 0.25) is 0 Å². The van der Waals surface area contributed by atoms with Gasteiger partial charge < -0.3 is 10.0 Å². The Bertz CT molecular complexity index is 404. The highest BCUT2D eigenvalue weighted by Gasteiger charge is 2.31. The van der Waals surface area contributed by atoms with E-state index < -0.39 is 17.6 Å². The van der Waals surface area contributed by atoms with E-state index in [1.165, 1.54) is 11.9 Å². The monoisotopic (exact) mass is 262 g/mol. The van der Waals surface area contributed by atoms with Crippen LogP contribution >= 0.6 is 0 Å². The molecule has 0 aliphatic rings. The molecule has 0 saturated carbocycles. The van der Waals surface area contributed by atoms with Gasteiger partial charge in [-0.15, -0.1) is 0 Å². The number of rotatable bonds is 4. The molecule has 0 aliphatic carbocycles. The molecular weight excluding hydrogens is 249 g/mol.